The van der Waals surface area contributed by atoms with E-state index in [1.54, 1.807) is 0 Å². The van der Waals surface area contributed by atoms with Gasteiger partial charge in [-0.15, -0.1) is 0 Å². The maximum atomic E-state index is 13.6. The van der Waals surface area contributed by atoms with E-state index >= 15 is 0 Å². The zero-order valence-electron chi connectivity index (χ0n) is 19.5. The van der Waals surface area contributed by atoms with Gasteiger partial charge in [0.1, 0.15) is 0 Å². The molecular weight excluding hydrogens is 560 g/mol. The molecule has 2 rings (SSSR count). The average Bonchev–Trinajstić information content (AvgIpc) is 2.83. The third kappa shape index (κ3) is 10.3. The normalized spacial score (nSPS) is 23.7. The zero-order valence-corrected chi connectivity index (χ0v) is 21.2. The summed E-state index contributed by atoms with van der Waals surface area (Å²) in [6, 6.07) is 0. The molecule has 4 unspecified atom stereocenters. The number of halogens is 4. The Morgan fingerprint density at radius 3 is 1.62 bits per heavy atom. The molecule has 2 aliphatic carbocycles. The van der Waals surface area contributed by atoms with Crippen LogP contribution in [0.5, 0.6) is 0 Å². The van der Waals surface area contributed by atoms with Gasteiger partial charge in [-0.2, -0.15) is 21.8 Å². The molecule has 0 amide bonds. The van der Waals surface area contributed by atoms with Crippen molar-refractivity contribution in [3.05, 3.63) is 0 Å². The van der Waals surface area contributed by atoms with Gasteiger partial charge in [0, 0.05) is 12.8 Å². The second-order valence-electron chi connectivity index (χ2n) is 8.10. The summed E-state index contributed by atoms with van der Waals surface area (Å²) < 4.78 is 65.8. The van der Waals surface area contributed by atoms with Crippen molar-refractivity contribution in [2.45, 2.75) is 93.3 Å². The highest BCUT2D eigenvalue weighted by Crippen LogP contribution is 2.43. The number of carbonyl (C=O) groups is 4. The summed E-state index contributed by atoms with van der Waals surface area (Å²) in [7, 11) is 0. The molecule has 37 heavy (non-hydrogen) atoms. The van der Waals surface area contributed by atoms with Crippen molar-refractivity contribution in [3.8, 4) is 0 Å². The molecule has 12 nitrogen and oxygen atoms in total. The predicted octanol–water partition coefficient (Wildman–Crippen LogP) is 1.83. The molecule has 0 N–H and O–H groups in total. The molecule has 2 aliphatic rings. The monoisotopic (exact) mass is 584 g/mol. The van der Waals surface area contributed by atoms with E-state index in [0.29, 0.717) is 32.6 Å². The van der Waals surface area contributed by atoms with Crippen molar-refractivity contribution >= 4 is 47.6 Å². The minimum Gasteiger partial charge on any atom is -0.691 e. The van der Waals surface area contributed by atoms with Crippen LogP contribution in [-0.4, -0.2) is 51.6 Å². The van der Waals surface area contributed by atoms with Gasteiger partial charge in [-0.1, -0.05) is 0 Å². The Hall–Kier alpha value is -1.54. The maximum Gasteiger partial charge on any atom is 0.415 e. The lowest BCUT2D eigenvalue weighted by Gasteiger charge is -2.30. The van der Waals surface area contributed by atoms with Gasteiger partial charge in [0.25, 0.3) is 5.00 Å². The third-order valence-corrected chi connectivity index (χ3v) is 6.70. The molecule has 2 fully saturated rings. The van der Waals surface area contributed by atoms with Crippen molar-refractivity contribution in [2.24, 2.45) is 0 Å². The van der Waals surface area contributed by atoms with Crippen LogP contribution in [0.2, 0.25) is 0 Å². The summed E-state index contributed by atoms with van der Waals surface area (Å²) in [4.78, 5) is 45.9. The van der Waals surface area contributed by atoms with E-state index in [0.717, 1.165) is 19.8 Å². The van der Waals surface area contributed by atoms with Gasteiger partial charge < -0.3 is 20.0 Å². The molecule has 18 heteroatoms. The Bertz CT molecular complexity index is 798. The fraction of sp³-hybridized carbons (Fsp3) is 0.789. The number of hydrogen-bond acceptors (Lipinski definition) is 14. The number of Topliss-reactive ketones (excluding diaryl/α,β-unsaturated/α-hetero) is 2. The van der Waals surface area contributed by atoms with E-state index in [-0.39, 0.29) is 30.7 Å². The van der Waals surface area contributed by atoms with Crippen LogP contribution in [0.25, 0.3) is 0 Å². The fourth-order valence-electron chi connectivity index (χ4n) is 3.02. The molecule has 0 saturated heterocycles. The van der Waals surface area contributed by atoms with Gasteiger partial charge in [-0.05, 0) is 52.4 Å². The smallest absolute Gasteiger partial charge is 0.415 e. The van der Waals surface area contributed by atoms with Crippen LogP contribution < -0.4 is 10.5 Å². The predicted molar refractivity (Wildman–Crippen MR) is 110 cm³/mol. The topological polar surface area (TPSA) is 170 Å². The number of ketones is 2. The first-order chi connectivity index (χ1) is 17.2. The highest BCUT2D eigenvalue weighted by atomic mass is 32.2. The van der Waals surface area contributed by atoms with Crippen LogP contribution >= 0.6 is 24.1 Å². The number of alkyl halides is 4. The first kappa shape index (κ1) is 33.5. The van der Waals surface area contributed by atoms with Gasteiger partial charge >= 0.3 is 18.1 Å². The number of esters is 2. The minimum absolute atomic E-state index is 0.111. The van der Waals surface area contributed by atoms with Crippen molar-refractivity contribution in [3.63, 3.8) is 0 Å². The van der Waals surface area contributed by atoms with E-state index in [1.807, 2.05) is 0 Å². The van der Waals surface area contributed by atoms with E-state index < -0.39 is 57.9 Å². The summed E-state index contributed by atoms with van der Waals surface area (Å²) in [6.45, 7) is 1.33. The molecule has 0 spiro atoms. The maximum absolute atomic E-state index is 13.6. The molecule has 0 aromatic heterocycles. The molecule has 2 saturated carbocycles. The first-order valence-corrected chi connectivity index (χ1v) is 12.2. The van der Waals surface area contributed by atoms with Crippen molar-refractivity contribution in [1.29, 1.82) is 0 Å². The Balaban J connectivity index is 0.000000375. The molecule has 0 bridgehead atoms. The number of ether oxygens (including phenoxy) is 2. The van der Waals surface area contributed by atoms with E-state index in [1.165, 1.54) is 0 Å². The molecule has 0 radical (unpaired) electrons. The lowest BCUT2D eigenvalue weighted by Crippen LogP contribution is -2.49. The lowest BCUT2D eigenvalue weighted by atomic mass is 9.96. The Morgan fingerprint density at radius 1 is 0.784 bits per heavy atom. The van der Waals surface area contributed by atoms with E-state index in [4.69, 9.17) is 4.74 Å². The molecule has 0 heterocycles. The quantitative estimate of drug-likeness (QED) is 0.120. The molecule has 0 aromatic rings. The number of hydrogen-bond donors (Lipinski definition) is 0. The number of rotatable bonds is 10. The summed E-state index contributed by atoms with van der Waals surface area (Å²) in [6.07, 6.45) is -3.38. The second kappa shape index (κ2) is 15.2. The highest BCUT2D eigenvalue weighted by Gasteiger charge is 2.61. The molecule has 0 aliphatic heterocycles. The molecule has 0 aromatic carbocycles. The SMILES string of the molecule is CC(F)(SOO[O-])C(=O)OC1CCCCC1=O.CC(SOO[O-])(C(=O)OC1CCCCC1=O)C(F)(F)F. The van der Waals surface area contributed by atoms with Crippen molar-refractivity contribution < 1.29 is 75.5 Å². The Morgan fingerprint density at radius 2 is 1.22 bits per heavy atom. The van der Waals surface area contributed by atoms with Gasteiger partial charge in [0.15, 0.2) is 23.8 Å². The Labute approximate surface area is 216 Å². The summed E-state index contributed by atoms with van der Waals surface area (Å²) in [5.74, 6) is -3.60. The van der Waals surface area contributed by atoms with Crippen LogP contribution in [-0.2, 0) is 47.4 Å². The van der Waals surface area contributed by atoms with Crippen LogP contribution in [0, 0.1) is 0 Å². The standard InChI is InChI=1S/C10H13F3O6S.C9H13FO6S/c1-9(10(11,12)13,20-19-18-16)8(15)17-7-5-3-2-4-6(7)14;1-9(10,17-16-15-13)8(12)14-7-5-3-2-4-6(7)11/h7,16H,2-5H2,1H3;7,13H,2-5H2,1H3/p-2. The lowest BCUT2D eigenvalue weighted by molar-refractivity contribution is -0.777. The van der Waals surface area contributed by atoms with Crippen molar-refractivity contribution in [1.82, 2.24) is 0 Å². The van der Waals surface area contributed by atoms with E-state index in [2.05, 4.69) is 23.5 Å². The van der Waals surface area contributed by atoms with Gasteiger partial charge in [-0.3, -0.25) is 24.5 Å². The third-order valence-electron chi connectivity index (χ3n) is 5.24. The van der Waals surface area contributed by atoms with Gasteiger partial charge in [0.2, 0.25) is 4.75 Å². The van der Waals surface area contributed by atoms with Crippen LogP contribution in [0.4, 0.5) is 17.6 Å². The second-order valence-corrected chi connectivity index (χ2v) is 10.3. The highest BCUT2D eigenvalue weighted by molar-refractivity contribution is 7.96. The van der Waals surface area contributed by atoms with Crippen LogP contribution in [0.15, 0.2) is 0 Å². The molecule has 214 valence electrons. The Kier molecular flexibility index (Phi) is 13.7. The average molecular weight is 585 g/mol. The minimum atomic E-state index is -5.05. The summed E-state index contributed by atoms with van der Waals surface area (Å²) >= 11 is -0.627. The number of carbonyl (C=O) groups excluding carboxylic acids is 4. The zero-order chi connectivity index (χ0) is 28.3. The summed E-state index contributed by atoms with van der Waals surface area (Å²) in [5.41, 5.74) is 0. The fourth-order valence-corrected chi connectivity index (χ4v) is 3.66. The largest absolute Gasteiger partial charge is 0.691 e. The molecular formula is C19H24F4O12S2-2. The van der Waals surface area contributed by atoms with Gasteiger partial charge in [-0.25, -0.2) is 9.18 Å². The first-order valence-electron chi connectivity index (χ1n) is 10.7. The molecule has 4 atom stereocenters. The van der Waals surface area contributed by atoms with E-state index in [9.17, 15) is 47.3 Å². The van der Waals surface area contributed by atoms with Gasteiger partial charge in [0.05, 0.1) is 24.1 Å². The summed E-state index contributed by atoms with van der Waals surface area (Å²) in [5, 5.41) is 22.4. The van der Waals surface area contributed by atoms with Crippen LogP contribution in [0.3, 0.4) is 0 Å². The van der Waals surface area contributed by atoms with Crippen molar-refractivity contribution in [2.75, 3.05) is 0 Å². The van der Waals surface area contributed by atoms with Crippen LogP contribution in [0.1, 0.15) is 65.2 Å².